The van der Waals surface area contributed by atoms with Crippen LogP contribution in [0, 0.1) is 6.92 Å². The largest absolute Gasteiger partial charge is 0.375 e. The Bertz CT molecular complexity index is 513. The van der Waals surface area contributed by atoms with Gasteiger partial charge in [-0.25, -0.2) is 0 Å². The van der Waals surface area contributed by atoms with Crippen molar-refractivity contribution in [3.63, 3.8) is 0 Å². The van der Waals surface area contributed by atoms with Gasteiger partial charge in [-0.2, -0.15) is 0 Å². The molecule has 1 saturated heterocycles. The molecule has 1 aromatic rings. The summed E-state index contributed by atoms with van der Waals surface area (Å²) in [6.07, 6.45) is 2.42. The van der Waals surface area contributed by atoms with Crippen LogP contribution in [0.1, 0.15) is 32.3 Å². The normalized spacial score (nSPS) is 33.5. The molecule has 0 aromatic heterocycles. The Morgan fingerprint density at radius 3 is 2.40 bits per heavy atom. The summed E-state index contributed by atoms with van der Waals surface area (Å²) in [5.74, 6) is 0.634. The van der Waals surface area contributed by atoms with Crippen LogP contribution in [0.25, 0.3) is 0 Å². The van der Waals surface area contributed by atoms with Gasteiger partial charge in [0, 0.05) is 5.69 Å². The van der Waals surface area contributed by atoms with E-state index >= 15 is 0 Å². The molecule has 0 bridgehead atoms. The van der Waals surface area contributed by atoms with E-state index in [-0.39, 0.29) is 17.7 Å². The quantitative estimate of drug-likeness (QED) is 0.855. The summed E-state index contributed by atoms with van der Waals surface area (Å²) < 4.78 is 5.89. The number of hydrogen-bond donors (Lipinski definition) is 1. The van der Waals surface area contributed by atoms with Crippen molar-refractivity contribution in [3.05, 3.63) is 29.8 Å². The number of rotatable bonds is 1. The zero-order valence-electron chi connectivity index (χ0n) is 12.5. The van der Waals surface area contributed by atoms with E-state index in [9.17, 15) is 0 Å². The van der Waals surface area contributed by atoms with Gasteiger partial charge in [-0.3, -0.25) is 4.99 Å². The highest BCUT2D eigenvalue weighted by Gasteiger charge is 2.47. The molecule has 0 saturated carbocycles. The number of ether oxygens (including phenoxy) is 1. The van der Waals surface area contributed by atoms with Gasteiger partial charge in [-0.1, -0.05) is 17.7 Å². The molecule has 20 heavy (non-hydrogen) atoms. The van der Waals surface area contributed by atoms with E-state index in [1.807, 2.05) is 0 Å². The molecule has 1 fully saturated rings. The van der Waals surface area contributed by atoms with Gasteiger partial charge in [0.25, 0.3) is 0 Å². The average molecular weight is 273 g/mol. The molecule has 0 radical (unpaired) electrons. The summed E-state index contributed by atoms with van der Waals surface area (Å²) in [5, 5.41) is 0. The first kappa shape index (κ1) is 13.4. The molecule has 1 aromatic carbocycles. The molecule has 2 heterocycles. The molecule has 0 amide bonds. The summed E-state index contributed by atoms with van der Waals surface area (Å²) in [4.78, 5) is 6.75. The van der Waals surface area contributed by atoms with E-state index in [1.165, 1.54) is 5.56 Å². The predicted octanol–water partition coefficient (Wildman–Crippen LogP) is 2.46. The van der Waals surface area contributed by atoms with Gasteiger partial charge < -0.3 is 15.4 Å². The maximum Gasteiger partial charge on any atom is 0.196 e. The molecule has 2 N–H and O–H groups in total. The van der Waals surface area contributed by atoms with Crippen molar-refractivity contribution in [2.45, 2.75) is 51.4 Å². The minimum Gasteiger partial charge on any atom is -0.375 e. The van der Waals surface area contributed by atoms with Crippen LogP contribution < -0.4 is 10.6 Å². The third kappa shape index (κ3) is 2.18. The monoisotopic (exact) mass is 273 g/mol. The minimum absolute atomic E-state index is 0.0174. The highest BCUT2D eigenvalue weighted by Crippen LogP contribution is 2.40. The van der Waals surface area contributed by atoms with E-state index in [1.54, 1.807) is 0 Å². The maximum atomic E-state index is 6.18. The highest BCUT2D eigenvalue weighted by molar-refractivity contribution is 5.98. The molecule has 2 aliphatic rings. The lowest BCUT2D eigenvalue weighted by molar-refractivity contribution is -0.0559. The lowest BCUT2D eigenvalue weighted by Crippen LogP contribution is -2.57. The Morgan fingerprint density at radius 1 is 1.20 bits per heavy atom. The van der Waals surface area contributed by atoms with E-state index < -0.39 is 0 Å². The lowest BCUT2D eigenvalue weighted by atomic mass is 9.83. The molecule has 108 valence electrons. The first-order chi connectivity index (χ1) is 9.50. The van der Waals surface area contributed by atoms with Crippen molar-refractivity contribution in [1.29, 1.82) is 0 Å². The Kier molecular flexibility index (Phi) is 3.21. The van der Waals surface area contributed by atoms with E-state index in [4.69, 9.17) is 10.5 Å². The van der Waals surface area contributed by atoms with Crippen LogP contribution >= 0.6 is 0 Å². The summed E-state index contributed by atoms with van der Waals surface area (Å²) in [7, 11) is 0. The number of aliphatic imine (C=N–C) groups is 1. The Morgan fingerprint density at radius 2 is 1.80 bits per heavy atom. The summed E-state index contributed by atoms with van der Waals surface area (Å²) >= 11 is 0. The van der Waals surface area contributed by atoms with Crippen LogP contribution in [0.4, 0.5) is 5.69 Å². The molecule has 0 aliphatic carbocycles. The first-order valence-electron chi connectivity index (χ1n) is 7.32. The fourth-order valence-electron chi connectivity index (χ4n) is 3.67. The number of nitrogens with two attached hydrogens (primary N) is 1. The average Bonchev–Trinajstić information content (AvgIpc) is 2.66. The van der Waals surface area contributed by atoms with Crippen molar-refractivity contribution < 1.29 is 4.74 Å². The van der Waals surface area contributed by atoms with Crippen LogP contribution in [0.15, 0.2) is 29.3 Å². The molecule has 4 heteroatoms. The summed E-state index contributed by atoms with van der Waals surface area (Å²) in [6, 6.07) is 8.52. The van der Waals surface area contributed by atoms with Crippen molar-refractivity contribution in [1.82, 2.24) is 0 Å². The molecule has 2 unspecified atom stereocenters. The van der Waals surface area contributed by atoms with Crippen molar-refractivity contribution >= 4 is 11.6 Å². The van der Waals surface area contributed by atoms with Gasteiger partial charge in [-0.05, 0) is 45.7 Å². The smallest absolute Gasteiger partial charge is 0.196 e. The topological polar surface area (TPSA) is 50.8 Å². The third-order valence-corrected chi connectivity index (χ3v) is 4.33. The maximum absolute atomic E-state index is 6.18. The molecule has 2 aliphatic heterocycles. The Balaban J connectivity index is 1.97. The van der Waals surface area contributed by atoms with Crippen LogP contribution in [0.5, 0.6) is 0 Å². The van der Waals surface area contributed by atoms with E-state index in [0.717, 1.165) is 25.1 Å². The van der Waals surface area contributed by atoms with Crippen molar-refractivity contribution in [2.24, 2.45) is 10.7 Å². The second-order valence-electron chi connectivity index (χ2n) is 6.24. The zero-order valence-corrected chi connectivity index (χ0v) is 12.5. The van der Waals surface area contributed by atoms with Gasteiger partial charge in [0.05, 0.1) is 24.3 Å². The standard InChI is InChI=1S/C16H23N3O/c1-11-4-6-14(7-5-11)19-15(17)18-10-16(19)8-12(2)20-13(3)9-16/h4-7,12-13H,8-10H2,1-3H3,(H2,17,18). The van der Waals surface area contributed by atoms with E-state index in [0.29, 0.717) is 5.96 Å². The third-order valence-electron chi connectivity index (χ3n) is 4.33. The molecule has 2 atom stereocenters. The summed E-state index contributed by atoms with van der Waals surface area (Å²) in [5.41, 5.74) is 8.55. The fraction of sp³-hybridized carbons (Fsp3) is 0.562. The van der Waals surface area contributed by atoms with Gasteiger partial charge in [0.15, 0.2) is 5.96 Å². The Hall–Kier alpha value is -1.55. The van der Waals surface area contributed by atoms with Crippen molar-refractivity contribution in [2.75, 3.05) is 11.4 Å². The van der Waals surface area contributed by atoms with Crippen LogP contribution in [0.2, 0.25) is 0 Å². The van der Waals surface area contributed by atoms with Gasteiger partial charge in [0.2, 0.25) is 0 Å². The molecule has 3 rings (SSSR count). The summed E-state index contributed by atoms with van der Waals surface area (Å²) in [6.45, 7) is 7.14. The molecular formula is C16H23N3O. The number of anilines is 1. The minimum atomic E-state index is -0.0174. The van der Waals surface area contributed by atoms with Gasteiger partial charge in [0.1, 0.15) is 0 Å². The van der Waals surface area contributed by atoms with Crippen LogP contribution in [0.3, 0.4) is 0 Å². The lowest BCUT2D eigenvalue weighted by Gasteiger charge is -2.46. The van der Waals surface area contributed by atoms with Gasteiger partial charge >= 0.3 is 0 Å². The first-order valence-corrected chi connectivity index (χ1v) is 7.32. The van der Waals surface area contributed by atoms with Crippen molar-refractivity contribution in [3.8, 4) is 0 Å². The zero-order chi connectivity index (χ0) is 14.3. The second-order valence-corrected chi connectivity index (χ2v) is 6.24. The van der Waals surface area contributed by atoms with Crippen LogP contribution in [-0.2, 0) is 4.74 Å². The Labute approximate surface area is 120 Å². The number of guanidine groups is 1. The molecular weight excluding hydrogens is 250 g/mol. The van der Waals surface area contributed by atoms with Gasteiger partial charge in [-0.15, -0.1) is 0 Å². The van der Waals surface area contributed by atoms with Crippen LogP contribution in [-0.4, -0.2) is 30.3 Å². The fourth-order valence-corrected chi connectivity index (χ4v) is 3.67. The number of benzene rings is 1. The number of nitrogens with zero attached hydrogens (tertiary/aromatic N) is 2. The molecule has 1 spiro atoms. The van der Waals surface area contributed by atoms with E-state index in [2.05, 4.69) is 54.9 Å². The highest BCUT2D eigenvalue weighted by atomic mass is 16.5. The second kappa shape index (κ2) is 4.77. The molecule has 4 nitrogen and oxygen atoms in total. The number of aryl methyl sites for hydroxylation is 1. The SMILES string of the molecule is Cc1ccc(N2C(N)=NCC23CC(C)OC(C)C3)cc1. The number of hydrogen-bond acceptors (Lipinski definition) is 4. The predicted molar refractivity (Wildman–Crippen MR) is 82.1 cm³/mol.